The number of rotatable bonds is 11. The molecule has 2 saturated heterocycles. The lowest BCUT2D eigenvalue weighted by Crippen LogP contribution is -2.62. The molecule has 19 heteroatoms. The van der Waals surface area contributed by atoms with Crippen LogP contribution in [0.25, 0.3) is 33.3 Å². The van der Waals surface area contributed by atoms with E-state index in [1.807, 2.05) is 43.5 Å². The largest absolute Gasteiger partial charge is 0.508 e. The summed E-state index contributed by atoms with van der Waals surface area (Å²) >= 11 is 0. The molecule has 69 heavy (non-hydrogen) atoms. The van der Waals surface area contributed by atoms with Gasteiger partial charge in [0.15, 0.2) is 12.1 Å². The zero-order valence-corrected chi connectivity index (χ0v) is 40.1. The Hall–Kier alpha value is -6.34. The van der Waals surface area contributed by atoms with E-state index in [1.165, 1.54) is 40.3 Å². The number of pyridine rings is 1. The number of alkyl halides is 3. The minimum atomic E-state index is -4.77. The van der Waals surface area contributed by atoms with Crippen LogP contribution in [0.5, 0.6) is 5.75 Å². The number of likely N-dealkylation sites (tertiary alicyclic amines) is 1. The quantitative estimate of drug-likeness (QED) is 0.0653. The standard InChI is InChI=1S/C50H61F3N8O8/c1-9-41(63)58-20-17-33(27-58)61(67)57(7)43(29(3)4)46(64)55-39-23-30-21-32(24-34(62)22-30)31-15-16-40-36(25-31)37(26-49(5,6)28-69-48(66)38-14-12-19-60(56-38)47(39)65)44(59(40)10-2)35-13-11-18-54-42(35)45(68-8)50(51,52)53/h9,11,13,15-16,18,21-22,24-25,29,33,38-39,43,45,56H,1,10,12,14,17,19-20,23,26-28H2,2-8H3,(H-,55,62,64)/p+1/t33-,38-,39-,43-,45+/m0/s1. The molecule has 2 aromatic carbocycles. The van der Waals surface area contributed by atoms with Gasteiger partial charge < -0.3 is 29.4 Å². The van der Waals surface area contributed by atoms with E-state index in [9.17, 15) is 42.4 Å². The number of aryl methyl sites for hydroxylation is 1. The fraction of sp³-hybridized carbons (Fsp3) is 0.500. The number of benzene rings is 2. The number of nitrogens with zero attached hydrogens (tertiary/aromatic N) is 6. The number of likely N-dealkylation sites (N-methyl/N-ethyl adjacent to an activating group) is 1. The number of phenols is 1. The van der Waals surface area contributed by atoms with Gasteiger partial charge in [-0.15, -0.1) is 5.01 Å². The minimum absolute atomic E-state index is 0.0854. The monoisotopic (exact) mass is 959 g/mol. The number of halogens is 3. The van der Waals surface area contributed by atoms with Crippen LogP contribution < -0.4 is 10.7 Å². The molecule has 4 aromatic rings. The molecular weight excluding hydrogens is 898 g/mol. The first kappa shape index (κ1) is 50.5. The number of nitrogens with one attached hydrogen (secondary N) is 2. The van der Waals surface area contributed by atoms with Crippen molar-refractivity contribution >= 4 is 34.6 Å². The highest BCUT2D eigenvalue weighted by atomic mass is 19.4. The highest BCUT2D eigenvalue weighted by Crippen LogP contribution is 2.45. The summed E-state index contributed by atoms with van der Waals surface area (Å²) in [6.07, 6.45) is -3.32. The highest BCUT2D eigenvalue weighted by molar-refractivity contribution is 5.96. The van der Waals surface area contributed by atoms with Crippen LogP contribution in [0.15, 0.2) is 67.4 Å². The molecule has 16 nitrogen and oxygen atoms in total. The summed E-state index contributed by atoms with van der Waals surface area (Å²) in [5, 5.41) is 17.5. The molecule has 3 aliphatic heterocycles. The summed E-state index contributed by atoms with van der Waals surface area (Å²) in [6.45, 7) is 13.8. The summed E-state index contributed by atoms with van der Waals surface area (Å²) in [5.74, 6) is -2.62. The topological polar surface area (TPSA) is 179 Å². The molecule has 0 spiro atoms. The zero-order chi connectivity index (χ0) is 50.1. The van der Waals surface area contributed by atoms with Crippen LogP contribution in [0, 0.1) is 16.2 Å². The van der Waals surface area contributed by atoms with Gasteiger partial charge in [0, 0.05) is 67.7 Å². The number of hydrogen-bond donors (Lipinski definition) is 3. The van der Waals surface area contributed by atoms with Crippen LogP contribution in [0.2, 0.25) is 0 Å². The second-order valence-corrected chi connectivity index (χ2v) is 19.3. The van der Waals surface area contributed by atoms with Crippen molar-refractivity contribution in [2.45, 2.75) is 110 Å². The van der Waals surface area contributed by atoms with Gasteiger partial charge in [0.1, 0.15) is 22.7 Å². The maximum Gasteiger partial charge on any atom is 0.420 e. The number of nitroso groups, excluding NO2 is 1. The number of carbonyl (C=O) groups excluding carboxylic acids is 4. The number of esters is 1. The summed E-state index contributed by atoms with van der Waals surface area (Å²) in [5.41, 5.74) is 5.78. The van der Waals surface area contributed by atoms with Crippen molar-refractivity contribution in [1.29, 1.82) is 0 Å². The number of methoxy groups -OCH3 is 1. The van der Waals surface area contributed by atoms with E-state index in [1.54, 1.807) is 38.1 Å². The van der Waals surface area contributed by atoms with E-state index >= 15 is 0 Å². The van der Waals surface area contributed by atoms with Crippen molar-refractivity contribution in [3.8, 4) is 28.1 Å². The molecule has 0 aliphatic carbocycles. The number of amides is 3. The van der Waals surface area contributed by atoms with E-state index in [-0.39, 0.29) is 55.5 Å². The van der Waals surface area contributed by atoms with Crippen LogP contribution in [0.3, 0.4) is 0 Å². The van der Waals surface area contributed by atoms with Crippen LogP contribution in [-0.4, -0.2) is 129 Å². The molecule has 5 atom stereocenters. The number of hydrogen-bond acceptors (Lipinski definition) is 10. The first-order valence-electron chi connectivity index (χ1n) is 23.3. The van der Waals surface area contributed by atoms with Crippen molar-refractivity contribution in [3.63, 3.8) is 0 Å². The summed E-state index contributed by atoms with van der Waals surface area (Å²) in [4.78, 5) is 75.7. The first-order chi connectivity index (χ1) is 32.7. The smallest absolute Gasteiger partial charge is 0.420 e. The van der Waals surface area contributed by atoms with Gasteiger partial charge in [0.05, 0.1) is 36.5 Å². The van der Waals surface area contributed by atoms with Crippen LogP contribution in [-0.2, 0) is 48.0 Å². The summed E-state index contributed by atoms with van der Waals surface area (Å²) < 4.78 is 56.7. The Morgan fingerprint density at radius 2 is 1.88 bits per heavy atom. The SMILES string of the molecule is C=CC(=O)N1CC[C@H]([N+](=O)N(C)[C@H](C(=O)N[C@H]2Cc3cc(O)cc(c3)-c3ccc4c(c3)c(c(-c3cccnc3[C@@H](OC)C(F)(F)F)n4CC)CC(C)(C)COC(=O)[C@@H]3CCCN(N3)C2=O)C(C)C)C1. The predicted molar refractivity (Wildman–Crippen MR) is 251 cm³/mol. The van der Waals surface area contributed by atoms with E-state index in [0.717, 1.165) is 12.6 Å². The van der Waals surface area contributed by atoms with Crippen molar-refractivity contribution in [1.82, 2.24) is 35.2 Å². The summed E-state index contributed by atoms with van der Waals surface area (Å²) in [6, 6.07) is 9.82. The van der Waals surface area contributed by atoms with Crippen molar-refractivity contribution < 1.29 is 51.8 Å². The predicted octanol–water partition coefficient (Wildman–Crippen LogP) is 6.43. The van der Waals surface area contributed by atoms with Crippen LogP contribution in [0.4, 0.5) is 13.2 Å². The molecule has 3 aliphatic rings. The van der Waals surface area contributed by atoms with Gasteiger partial charge in [-0.1, -0.05) is 46.4 Å². The molecule has 2 fully saturated rings. The Balaban J connectivity index is 1.33. The number of cyclic esters (lactones) is 1. The normalized spacial score (nSPS) is 20.8. The van der Waals surface area contributed by atoms with Gasteiger partial charge in [0.2, 0.25) is 11.8 Å². The Morgan fingerprint density at radius 1 is 1.13 bits per heavy atom. The van der Waals surface area contributed by atoms with Gasteiger partial charge in [-0.3, -0.25) is 29.2 Å². The average Bonchev–Trinajstić information content (AvgIpc) is 3.92. The molecule has 3 amide bonds. The highest BCUT2D eigenvalue weighted by Gasteiger charge is 2.46. The fourth-order valence-corrected chi connectivity index (χ4v) is 10.0. The number of phenolic OH excluding ortho intramolecular Hbond substituents is 1. The summed E-state index contributed by atoms with van der Waals surface area (Å²) in [7, 11) is 2.50. The van der Waals surface area contributed by atoms with Gasteiger partial charge in [-0.05, 0) is 96.8 Å². The Labute approximate surface area is 399 Å². The zero-order valence-electron chi connectivity index (χ0n) is 40.1. The van der Waals surface area contributed by atoms with Crippen molar-refractivity contribution in [2.24, 2.45) is 11.3 Å². The van der Waals surface area contributed by atoms with Gasteiger partial charge >= 0.3 is 12.1 Å². The molecule has 6 bridgehead atoms. The Bertz CT molecular complexity index is 2630. The molecule has 0 saturated carbocycles. The van der Waals surface area contributed by atoms with Gasteiger partial charge in [-0.25, -0.2) is 5.43 Å². The molecule has 7 rings (SSSR count). The molecule has 5 heterocycles. The number of hydrazine groups is 2. The maximum absolute atomic E-state index is 14.7. The molecule has 3 N–H and O–H groups in total. The molecule has 370 valence electrons. The third-order valence-corrected chi connectivity index (χ3v) is 13.3. The van der Waals surface area contributed by atoms with Crippen LogP contribution >= 0.6 is 0 Å². The lowest BCUT2D eigenvalue weighted by molar-refractivity contribution is -0.732. The number of aromatic nitrogens is 2. The number of carbonyl (C=O) groups is 4. The first-order valence-corrected chi connectivity index (χ1v) is 23.3. The third-order valence-electron chi connectivity index (χ3n) is 13.3. The van der Waals surface area contributed by atoms with Crippen molar-refractivity contribution in [3.05, 3.63) is 89.1 Å². The lowest BCUT2D eigenvalue weighted by atomic mass is 9.84. The minimum Gasteiger partial charge on any atom is -0.508 e. The number of ether oxygens (including phenoxy) is 2. The lowest BCUT2D eigenvalue weighted by Gasteiger charge is -2.36. The third kappa shape index (κ3) is 10.6. The molecule has 0 radical (unpaired) electrons. The van der Waals surface area contributed by atoms with E-state index < -0.39 is 65.6 Å². The van der Waals surface area contributed by atoms with E-state index in [2.05, 4.69) is 22.3 Å². The van der Waals surface area contributed by atoms with Gasteiger partial charge in [-0.2, -0.15) is 13.2 Å². The number of aromatic hydroxyl groups is 1. The van der Waals surface area contributed by atoms with E-state index in [0.29, 0.717) is 70.6 Å². The van der Waals surface area contributed by atoms with E-state index in [4.69, 9.17) is 9.47 Å². The molecular formula is C50H62F3N8O8+. The van der Waals surface area contributed by atoms with Gasteiger partial charge in [0.25, 0.3) is 11.9 Å². The Kier molecular flexibility index (Phi) is 14.9. The average molecular weight is 960 g/mol. The second kappa shape index (κ2) is 20.3. The molecule has 0 unspecified atom stereocenters. The second-order valence-electron chi connectivity index (χ2n) is 19.3. The Morgan fingerprint density at radius 3 is 2.57 bits per heavy atom. The maximum atomic E-state index is 14.7. The van der Waals surface area contributed by atoms with Crippen molar-refractivity contribution in [2.75, 3.05) is 40.4 Å². The fourth-order valence-electron chi connectivity index (χ4n) is 10.0. The number of fused-ring (bicyclic) bond motifs is 6. The van der Waals surface area contributed by atoms with Crippen LogP contribution in [0.1, 0.15) is 76.8 Å². The molecule has 2 aromatic heterocycles.